The Bertz CT molecular complexity index is 898. The number of amides is 2. The Morgan fingerprint density at radius 1 is 1.18 bits per heavy atom. The molecule has 0 atom stereocenters. The maximum absolute atomic E-state index is 12.7. The number of phenolic OH excluding ortho intramolecular Hbond substituents is 1. The molecule has 0 aliphatic carbocycles. The molecule has 0 heterocycles. The van der Waals surface area contributed by atoms with Crippen LogP contribution in [0.15, 0.2) is 47.6 Å². The summed E-state index contributed by atoms with van der Waals surface area (Å²) in [5.74, 6) is -1.56. The van der Waals surface area contributed by atoms with Gasteiger partial charge in [0.15, 0.2) is 11.5 Å². The molecule has 2 aromatic carbocycles. The number of phenols is 1. The van der Waals surface area contributed by atoms with Crippen LogP contribution < -0.4 is 15.5 Å². The number of halogens is 3. The lowest BCUT2D eigenvalue weighted by Gasteiger charge is -2.09. The number of ether oxygens (including phenoxy) is 1. The Labute approximate surface area is 157 Å². The van der Waals surface area contributed by atoms with E-state index in [2.05, 4.69) is 15.8 Å². The quantitative estimate of drug-likeness (QED) is 0.398. The van der Waals surface area contributed by atoms with Crippen LogP contribution in [0.3, 0.4) is 0 Å². The molecule has 0 saturated carbocycles. The molecule has 0 radical (unpaired) electrons. The van der Waals surface area contributed by atoms with Gasteiger partial charge >= 0.3 is 6.18 Å². The number of methoxy groups -OCH3 is 1. The zero-order valence-electron chi connectivity index (χ0n) is 14.6. The fourth-order valence-corrected chi connectivity index (χ4v) is 2.15. The molecule has 0 bridgehead atoms. The Morgan fingerprint density at radius 3 is 2.57 bits per heavy atom. The Kier molecular flexibility index (Phi) is 6.59. The van der Waals surface area contributed by atoms with Crippen LogP contribution in [0.5, 0.6) is 11.5 Å². The molecule has 0 aliphatic rings. The average molecular weight is 395 g/mol. The summed E-state index contributed by atoms with van der Waals surface area (Å²) >= 11 is 0. The maximum atomic E-state index is 12.7. The lowest BCUT2D eigenvalue weighted by molar-refractivity contribution is -0.137. The molecule has 7 nitrogen and oxygen atoms in total. The third-order valence-corrected chi connectivity index (χ3v) is 3.44. The number of para-hydroxylation sites is 1. The van der Waals surface area contributed by atoms with E-state index < -0.39 is 30.0 Å². The van der Waals surface area contributed by atoms with Gasteiger partial charge in [0.2, 0.25) is 11.8 Å². The summed E-state index contributed by atoms with van der Waals surface area (Å²) in [6.45, 7) is 0. The van der Waals surface area contributed by atoms with Crippen molar-refractivity contribution in [1.29, 1.82) is 0 Å². The molecular weight excluding hydrogens is 379 g/mol. The molecule has 0 aliphatic heterocycles. The van der Waals surface area contributed by atoms with Gasteiger partial charge in [0.1, 0.15) is 6.42 Å². The first kappa shape index (κ1) is 20.7. The molecular formula is C18H16F3N3O4. The summed E-state index contributed by atoms with van der Waals surface area (Å²) < 4.78 is 42.9. The minimum Gasteiger partial charge on any atom is -0.504 e. The number of carbonyl (C=O) groups excluding carboxylic acids is 2. The topological polar surface area (TPSA) is 100 Å². The average Bonchev–Trinajstić information content (AvgIpc) is 2.62. The van der Waals surface area contributed by atoms with Crippen LogP contribution in [0.4, 0.5) is 18.9 Å². The number of carbonyl (C=O) groups is 2. The number of anilines is 1. The van der Waals surface area contributed by atoms with Gasteiger partial charge in [-0.15, -0.1) is 0 Å². The summed E-state index contributed by atoms with van der Waals surface area (Å²) in [7, 11) is 1.38. The first-order chi connectivity index (χ1) is 13.2. The van der Waals surface area contributed by atoms with E-state index in [1.54, 1.807) is 6.07 Å². The molecule has 0 fully saturated rings. The Balaban J connectivity index is 1.90. The number of nitrogens with one attached hydrogen (secondary N) is 2. The van der Waals surface area contributed by atoms with Crippen LogP contribution in [-0.2, 0) is 15.8 Å². The molecule has 10 heteroatoms. The Hall–Kier alpha value is -3.56. The molecule has 0 spiro atoms. The second-order valence-electron chi connectivity index (χ2n) is 5.49. The fourth-order valence-electron chi connectivity index (χ4n) is 2.15. The van der Waals surface area contributed by atoms with Gasteiger partial charge in [-0.2, -0.15) is 18.3 Å². The maximum Gasteiger partial charge on any atom is 0.416 e. The number of aromatic hydroxyl groups is 1. The van der Waals surface area contributed by atoms with Crippen LogP contribution in [-0.4, -0.2) is 30.2 Å². The van der Waals surface area contributed by atoms with Crippen molar-refractivity contribution in [3.05, 3.63) is 53.6 Å². The van der Waals surface area contributed by atoms with E-state index in [1.165, 1.54) is 25.3 Å². The van der Waals surface area contributed by atoms with Crippen LogP contribution >= 0.6 is 0 Å². The summed E-state index contributed by atoms with van der Waals surface area (Å²) in [5, 5.41) is 15.7. The number of hydrazone groups is 1. The monoisotopic (exact) mass is 395 g/mol. The SMILES string of the molecule is COc1cccc(/C=N\NC(=O)CC(=O)Nc2cccc(C(F)(F)F)c2)c1O. The van der Waals surface area contributed by atoms with Crippen LogP contribution in [0.2, 0.25) is 0 Å². The van der Waals surface area contributed by atoms with E-state index in [0.29, 0.717) is 0 Å². The first-order valence-corrected chi connectivity index (χ1v) is 7.85. The highest BCUT2D eigenvalue weighted by Gasteiger charge is 2.30. The van der Waals surface area contributed by atoms with Crippen LogP contribution in [0.1, 0.15) is 17.5 Å². The minimum atomic E-state index is -4.54. The van der Waals surface area contributed by atoms with Gasteiger partial charge in [0, 0.05) is 11.3 Å². The summed E-state index contributed by atoms with van der Waals surface area (Å²) in [4.78, 5) is 23.5. The third kappa shape index (κ3) is 5.73. The van der Waals surface area contributed by atoms with Crippen molar-refractivity contribution in [2.75, 3.05) is 12.4 Å². The normalized spacial score (nSPS) is 11.3. The van der Waals surface area contributed by atoms with Gasteiger partial charge in [0.25, 0.3) is 0 Å². The summed E-state index contributed by atoms with van der Waals surface area (Å²) in [5.41, 5.74) is 1.35. The number of alkyl halides is 3. The molecule has 0 saturated heterocycles. The second kappa shape index (κ2) is 8.89. The van der Waals surface area contributed by atoms with Crippen molar-refractivity contribution in [3.63, 3.8) is 0 Å². The number of benzene rings is 2. The lowest BCUT2D eigenvalue weighted by atomic mass is 10.2. The van der Waals surface area contributed by atoms with E-state index in [0.717, 1.165) is 24.4 Å². The molecule has 28 heavy (non-hydrogen) atoms. The molecule has 148 valence electrons. The zero-order valence-corrected chi connectivity index (χ0v) is 14.6. The van der Waals surface area contributed by atoms with Crippen molar-refractivity contribution >= 4 is 23.7 Å². The summed E-state index contributed by atoms with van der Waals surface area (Å²) in [6, 6.07) is 8.70. The van der Waals surface area contributed by atoms with Crippen LogP contribution in [0.25, 0.3) is 0 Å². The van der Waals surface area contributed by atoms with Gasteiger partial charge in [0.05, 0.1) is 18.9 Å². The second-order valence-corrected chi connectivity index (χ2v) is 5.49. The van der Waals surface area contributed by atoms with E-state index in [-0.39, 0.29) is 22.7 Å². The number of rotatable bonds is 6. The molecule has 2 aromatic rings. The van der Waals surface area contributed by atoms with Crippen molar-refractivity contribution in [2.24, 2.45) is 5.10 Å². The minimum absolute atomic E-state index is 0.0857. The zero-order chi connectivity index (χ0) is 20.7. The fraction of sp³-hybridized carbons (Fsp3) is 0.167. The van der Waals surface area contributed by atoms with Crippen molar-refractivity contribution < 1.29 is 32.6 Å². The van der Waals surface area contributed by atoms with E-state index in [1.807, 2.05) is 0 Å². The highest BCUT2D eigenvalue weighted by Crippen LogP contribution is 2.30. The smallest absolute Gasteiger partial charge is 0.416 e. The number of nitrogens with zero attached hydrogens (tertiary/aromatic N) is 1. The van der Waals surface area contributed by atoms with Gasteiger partial charge in [-0.3, -0.25) is 9.59 Å². The molecule has 3 N–H and O–H groups in total. The largest absolute Gasteiger partial charge is 0.504 e. The van der Waals surface area contributed by atoms with Crippen molar-refractivity contribution in [3.8, 4) is 11.5 Å². The van der Waals surface area contributed by atoms with E-state index >= 15 is 0 Å². The molecule has 2 amide bonds. The van der Waals surface area contributed by atoms with Crippen LogP contribution in [0, 0.1) is 0 Å². The standard InChI is InChI=1S/C18H16F3N3O4/c1-28-14-7-2-4-11(17(14)27)10-22-24-16(26)9-15(25)23-13-6-3-5-12(8-13)18(19,20)21/h2-8,10,27H,9H2,1H3,(H,23,25)(H,24,26)/b22-10-. The number of hydrogen-bond donors (Lipinski definition) is 3. The third-order valence-electron chi connectivity index (χ3n) is 3.44. The predicted molar refractivity (Wildman–Crippen MR) is 95.1 cm³/mol. The number of hydrogen-bond acceptors (Lipinski definition) is 5. The van der Waals surface area contributed by atoms with Crippen molar-refractivity contribution in [1.82, 2.24) is 5.43 Å². The molecule has 0 unspecified atom stereocenters. The highest BCUT2D eigenvalue weighted by molar-refractivity contribution is 6.03. The first-order valence-electron chi connectivity index (χ1n) is 7.85. The van der Waals surface area contributed by atoms with E-state index in [4.69, 9.17) is 4.74 Å². The van der Waals surface area contributed by atoms with Gasteiger partial charge in [-0.05, 0) is 30.3 Å². The van der Waals surface area contributed by atoms with Gasteiger partial charge in [-0.1, -0.05) is 12.1 Å². The summed E-state index contributed by atoms with van der Waals surface area (Å²) in [6.07, 6.45) is -4.04. The molecule has 0 aromatic heterocycles. The highest BCUT2D eigenvalue weighted by atomic mass is 19.4. The predicted octanol–water partition coefficient (Wildman–Crippen LogP) is 2.90. The van der Waals surface area contributed by atoms with E-state index in [9.17, 15) is 27.9 Å². The van der Waals surface area contributed by atoms with Gasteiger partial charge < -0.3 is 15.2 Å². The Morgan fingerprint density at radius 2 is 1.89 bits per heavy atom. The lowest BCUT2D eigenvalue weighted by Crippen LogP contribution is -2.24. The van der Waals surface area contributed by atoms with Crippen molar-refractivity contribution in [2.45, 2.75) is 12.6 Å². The molecule has 2 rings (SSSR count). The van der Waals surface area contributed by atoms with Gasteiger partial charge in [-0.25, -0.2) is 5.43 Å².